The van der Waals surface area contributed by atoms with Crippen molar-refractivity contribution in [2.45, 2.75) is 46.6 Å². The maximum atomic E-state index is 12.0. The van der Waals surface area contributed by atoms with Gasteiger partial charge >= 0.3 is 0 Å². The van der Waals surface area contributed by atoms with E-state index in [1.54, 1.807) is 0 Å². The van der Waals surface area contributed by atoms with E-state index in [1.165, 1.54) is 0 Å². The van der Waals surface area contributed by atoms with E-state index >= 15 is 0 Å². The molecular weight excluding hydrogens is 162 g/mol. The largest absolute Gasteiger partial charge is 0.321 e. The Hall–Kier alpha value is -0.370. The van der Waals surface area contributed by atoms with Gasteiger partial charge in [-0.2, -0.15) is 0 Å². The van der Waals surface area contributed by atoms with Crippen LogP contribution >= 0.6 is 0 Å². The second-order valence-corrected chi connectivity index (χ2v) is 5.72. The number of carbonyl (C=O) groups is 1. The average molecular weight is 181 g/mol. The van der Waals surface area contributed by atoms with Crippen LogP contribution in [0.3, 0.4) is 0 Å². The monoisotopic (exact) mass is 181 g/mol. The van der Waals surface area contributed by atoms with Crippen molar-refractivity contribution < 1.29 is 4.79 Å². The van der Waals surface area contributed by atoms with Crippen molar-refractivity contribution in [3.8, 4) is 0 Å². The van der Waals surface area contributed by atoms with Gasteiger partial charge in [-0.1, -0.05) is 27.7 Å². The second-order valence-electron chi connectivity index (χ2n) is 5.72. The molecule has 0 aromatic heterocycles. The van der Waals surface area contributed by atoms with E-state index in [4.69, 9.17) is 5.73 Å². The van der Waals surface area contributed by atoms with Crippen LogP contribution in [0.4, 0.5) is 0 Å². The molecule has 2 aliphatic rings. The summed E-state index contributed by atoms with van der Waals surface area (Å²) in [4.78, 5) is 12.0. The summed E-state index contributed by atoms with van der Waals surface area (Å²) < 4.78 is 0. The molecule has 3 atom stereocenters. The normalized spacial score (nSPS) is 53.0. The standard InChI is InChI=1S/C11H19NO/c1-9(2)10(3)5-6-11(9,4)8(13)7(10)12/h7H,5-6,12H2,1-4H3. The lowest BCUT2D eigenvalue weighted by Crippen LogP contribution is -2.44. The fourth-order valence-corrected chi connectivity index (χ4v) is 3.37. The van der Waals surface area contributed by atoms with Gasteiger partial charge in [0, 0.05) is 5.41 Å². The van der Waals surface area contributed by atoms with Gasteiger partial charge in [0.25, 0.3) is 0 Å². The van der Waals surface area contributed by atoms with Crippen molar-refractivity contribution in [3.63, 3.8) is 0 Å². The molecule has 2 saturated carbocycles. The number of Topliss-reactive ketones (excluding diaryl/α,β-unsaturated/α-hetero) is 1. The fourth-order valence-electron chi connectivity index (χ4n) is 3.37. The van der Waals surface area contributed by atoms with Crippen molar-refractivity contribution in [2.24, 2.45) is 22.0 Å². The molecule has 2 fully saturated rings. The van der Waals surface area contributed by atoms with Crippen molar-refractivity contribution in [1.82, 2.24) is 0 Å². The molecule has 74 valence electrons. The zero-order valence-corrected chi connectivity index (χ0v) is 8.98. The molecular formula is C11H19NO. The van der Waals surface area contributed by atoms with Gasteiger partial charge in [-0.15, -0.1) is 0 Å². The summed E-state index contributed by atoms with van der Waals surface area (Å²) in [6.07, 6.45) is 2.12. The van der Waals surface area contributed by atoms with Crippen LogP contribution in [0.1, 0.15) is 40.5 Å². The Kier molecular flexibility index (Phi) is 1.42. The Morgan fingerprint density at radius 3 is 2.00 bits per heavy atom. The van der Waals surface area contributed by atoms with Gasteiger partial charge in [0.1, 0.15) is 0 Å². The van der Waals surface area contributed by atoms with Crippen LogP contribution in [0, 0.1) is 16.2 Å². The third-order valence-electron chi connectivity index (χ3n) is 5.46. The van der Waals surface area contributed by atoms with Crippen LogP contribution in [0.5, 0.6) is 0 Å². The lowest BCUT2D eigenvalue weighted by molar-refractivity contribution is -0.129. The minimum atomic E-state index is -0.235. The Labute approximate surface area is 79.9 Å². The quantitative estimate of drug-likeness (QED) is 0.618. The van der Waals surface area contributed by atoms with E-state index in [0.717, 1.165) is 12.8 Å². The van der Waals surface area contributed by atoms with Gasteiger partial charge in [-0.3, -0.25) is 4.79 Å². The number of ketones is 1. The lowest BCUT2D eigenvalue weighted by Gasteiger charge is -2.38. The summed E-state index contributed by atoms with van der Waals surface area (Å²) in [6.45, 7) is 8.66. The minimum absolute atomic E-state index is 0.0266. The molecule has 0 amide bonds. The molecule has 0 aliphatic heterocycles. The van der Waals surface area contributed by atoms with Crippen LogP contribution in [-0.2, 0) is 4.79 Å². The third kappa shape index (κ3) is 0.653. The molecule has 2 nitrogen and oxygen atoms in total. The molecule has 2 heteroatoms. The second kappa shape index (κ2) is 2.00. The van der Waals surface area contributed by atoms with Crippen molar-refractivity contribution in [2.75, 3.05) is 0 Å². The first-order valence-electron chi connectivity index (χ1n) is 5.07. The van der Waals surface area contributed by atoms with E-state index in [1.807, 2.05) is 0 Å². The zero-order chi connectivity index (χ0) is 10.1. The number of nitrogens with two attached hydrogens (primary N) is 1. The lowest BCUT2D eigenvalue weighted by atomic mass is 9.65. The third-order valence-corrected chi connectivity index (χ3v) is 5.46. The highest BCUT2D eigenvalue weighted by Crippen LogP contribution is 2.69. The highest BCUT2D eigenvalue weighted by atomic mass is 16.1. The summed E-state index contributed by atoms with van der Waals surface area (Å²) in [7, 11) is 0. The SMILES string of the molecule is CC12CCC(C)(C(N)C1=O)C2(C)C. The predicted octanol–water partition coefficient (Wildman–Crippen LogP) is 1.73. The minimum Gasteiger partial charge on any atom is -0.321 e. The van der Waals surface area contributed by atoms with E-state index in [-0.39, 0.29) is 28.1 Å². The summed E-state index contributed by atoms with van der Waals surface area (Å²) in [5.41, 5.74) is 5.94. The zero-order valence-electron chi connectivity index (χ0n) is 8.98. The average Bonchev–Trinajstić information content (AvgIpc) is 2.28. The molecule has 13 heavy (non-hydrogen) atoms. The highest BCUT2D eigenvalue weighted by molar-refractivity contribution is 5.95. The summed E-state index contributed by atoms with van der Waals surface area (Å²) in [5, 5.41) is 0. The van der Waals surface area contributed by atoms with E-state index in [0.29, 0.717) is 0 Å². The molecule has 0 radical (unpaired) electrons. The van der Waals surface area contributed by atoms with Gasteiger partial charge in [0.05, 0.1) is 6.04 Å². The van der Waals surface area contributed by atoms with Crippen LogP contribution in [-0.4, -0.2) is 11.8 Å². The first-order chi connectivity index (χ1) is 5.77. The number of fused-ring (bicyclic) bond motifs is 2. The van der Waals surface area contributed by atoms with Crippen LogP contribution in [0.15, 0.2) is 0 Å². The maximum Gasteiger partial charge on any atom is 0.156 e. The van der Waals surface area contributed by atoms with Crippen LogP contribution < -0.4 is 5.73 Å². The Morgan fingerprint density at radius 2 is 1.77 bits per heavy atom. The molecule has 2 N–H and O–H groups in total. The predicted molar refractivity (Wildman–Crippen MR) is 52.2 cm³/mol. The van der Waals surface area contributed by atoms with Crippen molar-refractivity contribution in [1.29, 1.82) is 0 Å². The van der Waals surface area contributed by atoms with Gasteiger partial charge < -0.3 is 5.73 Å². The molecule has 0 aromatic rings. The first-order valence-corrected chi connectivity index (χ1v) is 5.07. The van der Waals surface area contributed by atoms with Gasteiger partial charge in [0.2, 0.25) is 0 Å². The molecule has 2 bridgehead atoms. The van der Waals surface area contributed by atoms with Gasteiger partial charge in [0.15, 0.2) is 5.78 Å². The highest BCUT2D eigenvalue weighted by Gasteiger charge is 2.71. The topological polar surface area (TPSA) is 43.1 Å². The smallest absolute Gasteiger partial charge is 0.156 e. The van der Waals surface area contributed by atoms with E-state index in [9.17, 15) is 4.79 Å². The van der Waals surface area contributed by atoms with Gasteiger partial charge in [-0.05, 0) is 23.7 Å². The molecule has 0 saturated heterocycles. The fraction of sp³-hybridized carbons (Fsp3) is 0.909. The first kappa shape index (κ1) is 9.20. The Bertz CT molecular complexity index is 281. The number of rotatable bonds is 0. The molecule has 0 heterocycles. The Balaban J connectivity index is 2.61. The van der Waals surface area contributed by atoms with E-state index < -0.39 is 0 Å². The molecule has 3 unspecified atom stereocenters. The van der Waals surface area contributed by atoms with E-state index in [2.05, 4.69) is 27.7 Å². The van der Waals surface area contributed by atoms with Crippen LogP contribution in [0.2, 0.25) is 0 Å². The van der Waals surface area contributed by atoms with Crippen LogP contribution in [0.25, 0.3) is 0 Å². The Morgan fingerprint density at radius 1 is 1.23 bits per heavy atom. The van der Waals surface area contributed by atoms with Crippen molar-refractivity contribution in [3.05, 3.63) is 0 Å². The number of hydrogen-bond acceptors (Lipinski definition) is 2. The summed E-state index contributed by atoms with van der Waals surface area (Å²) in [6, 6.07) is -0.235. The molecule has 2 rings (SSSR count). The molecule has 0 spiro atoms. The number of carbonyl (C=O) groups excluding carboxylic acids is 1. The molecule has 2 aliphatic carbocycles. The number of hydrogen-bond donors (Lipinski definition) is 1. The summed E-state index contributed by atoms with van der Waals surface area (Å²) in [5.74, 6) is 0.284. The maximum absolute atomic E-state index is 12.0. The molecule has 0 aromatic carbocycles. The van der Waals surface area contributed by atoms with Crippen molar-refractivity contribution >= 4 is 5.78 Å². The van der Waals surface area contributed by atoms with Gasteiger partial charge in [-0.25, -0.2) is 0 Å². The summed E-state index contributed by atoms with van der Waals surface area (Å²) >= 11 is 0.